The molecule has 0 aromatic heterocycles. The highest BCUT2D eigenvalue weighted by molar-refractivity contribution is 5.03. The minimum absolute atomic E-state index is 0.615. The Morgan fingerprint density at radius 3 is 2.50 bits per heavy atom. The molecule has 2 aliphatic heterocycles. The molecule has 2 heterocycles. The first-order valence-corrected chi connectivity index (χ1v) is 6.10. The van der Waals surface area contributed by atoms with Crippen LogP contribution in [0.4, 0.5) is 0 Å². The minimum Gasteiger partial charge on any atom is -0.305 e. The van der Waals surface area contributed by atoms with Crippen LogP contribution in [0.1, 0.15) is 26.2 Å². The van der Waals surface area contributed by atoms with Gasteiger partial charge in [-0.3, -0.25) is 4.90 Å². The van der Waals surface area contributed by atoms with E-state index in [9.17, 15) is 0 Å². The fourth-order valence-electron chi connectivity index (χ4n) is 3.71. The summed E-state index contributed by atoms with van der Waals surface area (Å²) in [6, 6.07) is 0.961. The van der Waals surface area contributed by atoms with Crippen LogP contribution in [0.15, 0.2) is 0 Å². The minimum atomic E-state index is 0.615. The van der Waals surface area contributed by atoms with Gasteiger partial charge in [0.05, 0.1) is 0 Å². The molecule has 0 amide bonds. The monoisotopic (exact) mass is 194 g/mol. The van der Waals surface area contributed by atoms with Gasteiger partial charge in [-0.05, 0) is 31.2 Å². The normalized spacial score (nSPS) is 45.4. The molecule has 0 spiro atoms. The smallest absolute Gasteiger partial charge is 0.00956 e. The van der Waals surface area contributed by atoms with Gasteiger partial charge in [0.1, 0.15) is 0 Å². The van der Waals surface area contributed by atoms with Gasteiger partial charge in [0, 0.05) is 32.2 Å². The maximum Gasteiger partial charge on any atom is 0.00956 e. The third-order valence-corrected chi connectivity index (χ3v) is 4.76. The van der Waals surface area contributed by atoms with E-state index in [2.05, 4.69) is 23.8 Å². The second-order valence-corrected chi connectivity index (χ2v) is 6.06. The first-order chi connectivity index (χ1) is 6.67. The maximum absolute atomic E-state index is 2.78. The summed E-state index contributed by atoms with van der Waals surface area (Å²) in [6.07, 6.45) is 4.42. The maximum atomic E-state index is 2.78. The Kier molecular flexibility index (Phi) is 1.94. The second-order valence-electron chi connectivity index (χ2n) is 6.06. The molecule has 0 unspecified atom stereocenters. The summed E-state index contributed by atoms with van der Waals surface area (Å²) in [7, 11) is 2.28. The fourth-order valence-corrected chi connectivity index (χ4v) is 3.71. The Balaban J connectivity index is 1.69. The molecular weight excluding hydrogens is 172 g/mol. The predicted molar refractivity (Wildman–Crippen MR) is 58.3 cm³/mol. The van der Waals surface area contributed by atoms with Crippen molar-refractivity contribution in [3.63, 3.8) is 0 Å². The molecule has 80 valence electrons. The van der Waals surface area contributed by atoms with E-state index >= 15 is 0 Å². The molecule has 0 N–H and O–H groups in total. The van der Waals surface area contributed by atoms with Gasteiger partial charge in [0.15, 0.2) is 0 Å². The van der Waals surface area contributed by atoms with Crippen molar-refractivity contribution in [3.8, 4) is 0 Å². The lowest BCUT2D eigenvalue weighted by molar-refractivity contribution is 0.131. The van der Waals surface area contributed by atoms with Gasteiger partial charge in [0.2, 0.25) is 0 Å². The number of nitrogens with zero attached hydrogens (tertiary/aromatic N) is 2. The molecule has 3 fully saturated rings. The van der Waals surface area contributed by atoms with E-state index in [4.69, 9.17) is 0 Å². The van der Waals surface area contributed by atoms with Gasteiger partial charge in [0.25, 0.3) is 0 Å². The Labute approximate surface area is 87.3 Å². The van der Waals surface area contributed by atoms with Gasteiger partial charge >= 0.3 is 0 Å². The molecule has 1 saturated carbocycles. The Morgan fingerprint density at radius 1 is 1.14 bits per heavy atom. The summed E-state index contributed by atoms with van der Waals surface area (Å²) in [5.74, 6) is 0.952. The summed E-state index contributed by atoms with van der Waals surface area (Å²) in [4.78, 5) is 5.30. The van der Waals surface area contributed by atoms with E-state index in [1.807, 2.05) is 0 Å². The molecule has 2 nitrogen and oxygen atoms in total. The summed E-state index contributed by atoms with van der Waals surface area (Å²) in [5.41, 5.74) is 0.615. The highest BCUT2D eigenvalue weighted by Gasteiger charge is 2.49. The van der Waals surface area contributed by atoms with Crippen molar-refractivity contribution in [2.75, 3.05) is 33.2 Å². The third kappa shape index (κ3) is 1.24. The first-order valence-electron chi connectivity index (χ1n) is 6.10. The summed E-state index contributed by atoms with van der Waals surface area (Å²) in [6.45, 7) is 7.90. The van der Waals surface area contributed by atoms with E-state index < -0.39 is 0 Å². The van der Waals surface area contributed by atoms with E-state index in [1.165, 1.54) is 45.4 Å². The third-order valence-electron chi connectivity index (χ3n) is 4.76. The fraction of sp³-hybridized carbons (Fsp3) is 1.00. The van der Waals surface area contributed by atoms with Crippen LogP contribution in [0, 0.1) is 11.3 Å². The molecule has 1 aliphatic carbocycles. The lowest BCUT2D eigenvalue weighted by Crippen LogP contribution is -2.41. The van der Waals surface area contributed by atoms with Gasteiger partial charge in [-0.25, -0.2) is 0 Å². The molecule has 0 aromatic rings. The summed E-state index contributed by atoms with van der Waals surface area (Å²) < 4.78 is 0. The topological polar surface area (TPSA) is 6.48 Å². The van der Waals surface area contributed by atoms with Crippen LogP contribution in [0.5, 0.6) is 0 Å². The lowest BCUT2D eigenvalue weighted by atomic mass is 9.83. The van der Waals surface area contributed by atoms with E-state index in [-0.39, 0.29) is 0 Å². The molecule has 0 bridgehead atoms. The van der Waals surface area contributed by atoms with Crippen molar-refractivity contribution in [2.45, 2.75) is 32.2 Å². The molecule has 2 saturated heterocycles. The summed E-state index contributed by atoms with van der Waals surface area (Å²) in [5, 5.41) is 0. The number of rotatable bonds is 1. The SMILES string of the molecule is CN1C[C@H]2CN(C3CCC3)C[C@@]2(C)C1. The van der Waals surface area contributed by atoms with E-state index in [0.717, 1.165) is 12.0 Å². The quantitative estimate of drug-likeness (QED) is 0.623. The van der Waals surface area contributed by atoms with Crippen LogP contribution in [0.25, 0.3) is 0 Å². The second kappa shape index (κ2) is 2.96. The highest BCUT2D eigenvalue weighted by atomic mass is 15.3. The molecule has 2 heteroatoms. The zero-order valence-corrected chi connectivity index (χ0v) is 9.50. The van der Waals surface area contributed by atoms with Crippen LogP contribution in [-0.4, -0.2) is 49.1 Å². The van der Waals surface area contributed by atoms with Crippen LogP contribution in [-0.2, 0) is 0 Å². The highest BCUT2D eigenvalue weighted by Crippen LogP contribution is 2.44. The molecule has 2 atom stereocenters. The number of fused-ring (bicyclic) bond motifs is 1. The Bertz CT molecular complexity index is 236. The number of likely N-dealkylation sites (tertiary alicyclic amines) is 2. The molecule has 0 radical (unpaired) electrons. The van der Waals surface area contributed by atoms with E-state index in [1.54, 1.807) is 0 Å². The lowest BCUT2D eigenvalue weighted by Gasteiger charge is -2.36. The van der Waals surface area contributed by atoms with Crippen molar-refractivity contribution >= 4 is 0 Å². The van der Waals surface area contributed by atoms with Gasteiger partial charge < -0.3 is 4.90 Å². The first kappa shape index (κ1) is 9.17. The predicted octanol–water partition coefficient (Wildman–Crippen LogP) is 1.42. The molecular formula is C12H22N2. The van der Waals surface area contributed by atoms with Gasteiger partial charge in [-0.2, -0.15) is 0 Å². The Morgan fingerprint density at radius 2 is 1.93 bits per heavy atom. The van der Waals surface area contributed by atoms with Crippen LogP contribution >= 0.6 is 0 Å². The Hall–Kier alpha value is -0.0800. The number of hydrogen-bond acceptors (Lipinski definition) is 2. The average molecular weight is 194 g/mol. The van der Waals surface area contributed by atoms with Gasteiger partial charge in [-0.1, -0.05) is 13.3 Å². The van der Waals surface area contributed by atoms with Crippen molar-refractivity contribution in [1.29, 1.82) is 0 Å². The average Bonchev–Trinajstić information content (AvgIpc) is 2.34. The summed E-state index contributed by atoms with van der Waals surface area (Å²) >= 11 is 0. The molecule has 14 heavy (non-hydrogen) atoms. The zero-order valence-electron chi connectivity index (χ0n) is 9.50. The van der Waals surface area contributed by atoms with Crippen LogP contribution < -0.4 is 0 Å². The van der Waals surface area contributed by atoms with Gasteiger partial charge in [-0.15, -0.1) is 0 Å². The molecule has 3 rings (SSSR count). The largest absolute Gasteiger partial charge is 0.305 e. The number of hydrogen-bond donors (Lipinski definition) is 0. The molecule has 0 aromatic carbocycles. The van der Waals surface area contributed by atoms with Crippen LogP contribution in [0.3, 0.4) is 0 Å². The van der Waals surface area contributed by atoms with Crippen LogP contribution in [0.2, 0.25) is 0 Å². The standard InChI is InChI=1S/C12H22N2/c1-12-8-13(2)6-10(12)7-14(9-12)11-4-3-5-11/h10-11H,3-9H2,1-2H3/t10-,12+/m0/s1. The molecule has 3 aliphatic rings. The van der Waals surface area contributed by atoms with Crippen molar-refractivity contribution in [1.82, 2.24) is 9.80 Å². The zero-order chi connectivity index (χ0) is 9.76. The van der Waals surface area contributed by atoms with Crippen molar-refractivity contribution < 1.29 is 0 Å². The van der Waals surface area contributed by atoms with Crippen molar-refractivity contribution in [3.05, 3.63) is 0 Å². The van der Waals surface area contributed by atoms with Crippen molar-refractivity contribution in [2.24, 2.45) is 11.3 Å². The van der Waals surface area contributed by atoms with E-state index in [0.29, 0.717) is 5.41 Å².